The van der Waals surface area contributed by atoms with Crippen LogP contribution in [0.5, 0.6) is 0 Å². The molecule has 1 saturated heterocycles. The van der Waals surface area contributed by atoms with E-state index in [2.05, 4.69) is 28.8 Å². The largest absolute Gasteiger partial charge is 0.352 e. The highest BCUT2D eigenvalue weighted by Gasteiger charge is 2.29. The van der Waals surface area contributed by atoms with E-state index in [-0.39, 0.29) is 24.2 Å². The maximum Gasteiger partial charge on any atom is 0.227 e. The Hall–Kier alpha value is -1.06. The zero-order chi connectivity index (χ0) is 12.4. The van der Waals surface area contributed by atoms with Gasteiger partial charge in [-0.2, -0.15) is 0 Å². The molecule has 0 saturated carbocycles. The lowest BCUT2D eigenvalue weighted by molar-refractivity contribution is -0.123. The van der Waals surface area contributed by atoms with Crippen molar-refractivity contribution in [3.8, 4) is 0 Å². The number of nitrogens with one attached hydrogen (secondary N) is 2. The molecule has 1 aliphatic carbocycles. The summed E-state index contributed by atoms with van der Waals surface area (Å²) in [4.78, 5) is 12.3. The summed E-state index contributed by atoms with van der Waals surface area (Å²) in [5.41, 5.74) is 2.58. The van der Waals surface area contributed by atoms with Crippen LogP contribution in [0, 0.1) is 0 Å². The summed E-state index contributed by atoms with van der Waals surface area (Å²) in [6.45, 7) is 2.00. The summed E-state index contributed by atoms with van der Waals surface area (Å²) < 4.78 is 0. The highest BCUT2D eigenvalue weighted by Crippen LogP contribution is 2.32. The number of fused-ring (bicyclic) bond motifs is 1. The van der Waals surface area contributed by atoms with Crippen molar-refractivity contribution in [3.05, 3.63) is 35.4 Å². The fourth-order valence-corrected chi connectivity index (χ4v) is 3.11. The van der Waals surface area contributed by atoms with E-state index < -0.39 is 0 Å². The average molecular weight is 281 g/mol. The second kappa shape index (κ2) is 6.40. The standard InChI is InChI=1S/C15H20N2O.ClH/c18-15(17-12-5-3-9-16-10-12)14-8-7-11-4-1-2-6-13(11)14;/h1-2,4,6,12,14,16H,3,5,7-10H2,(H,17,18);1H/t12-,14?;/m0./s1. The highest BCUT2D eigenvalue weighted by molar-refractivity contribution is 5.85. The Kier molecular flexibility index (Phi) is 4.83. The Bertz CT molecular complexity index is 444. The van der Waals surface area contributed by atoms with Crippen LogP contribution in [0.25, 0.3) is 0 Å². The van der Waals surface area contributed by atoms with Crippen molar-refractivity contribution in [2.45, 2.75) is 37.6 Å². The maximum absolute atomic E-state index is 12.3. The average Bonchev–Trinajstić information content (AvgIpc) is 2.84. The molecule has 0 bridgehead atoms. The molecule has 1 aromatic carbocycles. The molecule has 2 atom stereocenters. The third-order valence-corrected chi connectivity index (χ3v) is 4.09. The third kappa shape index (κ3) is 3.10. The van der Waals surface area contributed by atoms with Crippen molar-refractivity contribution >= 4 is 18.3 Å². The Labute approximate surface area is 120 Å². The monoisotopic (exact) mass is 280 g/mol. The van der Waals surface area contributed by atoms with Crippen LogP contribution in [0.2, 0.25) is 0 Å². The van der Waals surface area contributed by atoms with Crippen molar-refractivity contribution in [2.24, 2.45) is 0 Å². The van der Waals surface area contributed by atoms with Crippen molar-refractivity contribution in [3.63, 3.8) is 0 Å². The molecule has 1 aromatic rings. The number of benzene rings is 1. The summed E-state index contributed by atoms with van der Waals surface area (Å²) in [6, 6.07) is 8.66. The molecule has 2 N–H and O–H groups in total. The van der Waals surface area contributed by atoms with Crippen LogP contribution in [0.4, 0.5) is 0 Å². The molecular weight excluding hydrogens is 260 g/mol. The normalized spacial score (nSPS) is 25.3. The molecule has 2 aliphatic rings. The molecule has 0 spiro atoms. The highest BCUT2D eigenvalue weighted by atomic mass is 35.5. The van der Waals surface area contributed by atoms with Gasteiger partial charge in [0.2, 0.25) is 5.91 Å². The van der Waals surface area contributed by atoms with Gasteiger partial charge in [0.05, 0.1) is 5.92 Å². The molecule has 0 aromatic heterocycles. The molecule has 1 aliphatic heterocycles. The molecule has 1 heterocycles. The summed E-state index contributed by atoms with van der Waals surface area (Å²) in [7, 11) is 0. The van der Waals surface area contributed by atoms with Gasteiger partial charge in [0.25, 0.3) is 0 Å². The molecule has 1 fully saturated rings. The van der Waals surface area contributed by atoms with E-state index in [1.165, 1.54) is 11.1 Å². The number of aryl methyl sites for hydroxylation is 1. The smallest absolute Gasteiger partial charge is 0.227 e. The van der Waals surface area contributed by atoms with Gasteiger partial charge in [-0.05, 0) is 43.4 Å². The fourth-order valence-electron chi connectivity index (χ4n) is 3.11. The Morgan fingerprint density at radius 1 is 1.26 bits per heavy atom. The lowest BCUT2D eigenvalue weighted by Crippen LogP contribution is -2.46. The number of piperidine rings is 1. The zero-order valence-corrected chi connectivity index (χ0v) is 11.8. The second-order valence-electron chi connectivity index (χ2n) is 5.34. The van der Waals surface area contributed by atoms with Gasteiger partial charge in [-0.25, -0.2) is 0 Å². The molecule has 0 radical (unpaired) electrons. The van der Waals surface area contributed by atoms with Gasteiger partial charge in [-0.15, -0.1) is 12.4 Å². The molecule has 104 valence electrons. The minimum absolute atomic E-state index is 0. The van der Waals surface area contributed by atoms with Crippen LogP contribution in [0.3, 0.4) is 0 Å². The summed E-state index contributed by atoms with van der Waals surface area (Å²) in [6.07, 6.45) is 4.27. The molecule has 3 nitrogen and oxygen atoms in total. The fraction of sp³-hybridized carbons (Fsp3) is 0.533. The number of carbonyl (C=O) groups excluding carboxylic acids is 1. The van der Waals surface area contributed by atoms with Crippen LogP contribution >= 0.6 is 12.4 Å². The number of rotatable bonds is 2. The SMILES string of the molecule is Cl.O=C(N[C@H]1CCCNC1)C1CCc2ccccc21. The summed E-state index contributed by atoms with van der Waals surface area (Å²) >= 11 is 0. The molecule has 4 heteroatoms. The van der Waals surface area contributed by atoms with Gasteiger partial charge >= 0.3 is 0 Å². The first kappa shape index (κ1) is 14.4. The zero-order valence-electron chi connectivity index (χ0n) is 11.0. The van der Waals surface area contributed by atoms with Gasteiger partial charge in [-0.3, -0.25) is 4.79 Å². The lowest BCUT2D eigenvalue weighted by atomic mass is 9.99. The minimum Gasteiger partial charge on any atom is -0.352 e. The molecule has 3 rings (SSSR count). The van der Waals surface area contributed by atoms with Gasteiger partial charge in [-0.1, -0.05) is 24.3 Å². The van der Waals surface area contributed by atoms with E-state index in [0.717, 1.165) is 38.8 Å². The van der Waals surface area contributed by atoms with Crippen LogP contribution in [-0.2, 0) is 11.2 Å². The van der Waals surface area contributed by atoms with E-state index in [4.69, 9.17) is 0 Å². The Morgan fingerprint density at radius 2 is 2.11 bits per heavy atom. The second-order valence-corrected chi connectivity index (χ2v) is 5.34. The maximum atomic E-state index is 12.3. The number of amides is 1. The first-order chi connectivity index (χ1) is 8.84. The van der Waals surface area contributed by atoms with Crippen LogP contribution in [-0.4, -0.2) is 25.0 Å². The van der Waals surface area contributed by atoms with Crippen LogP contribution < -0.4 is 10.6 Å². The molecule has 1 amide bonds. The predicted octanol–water partition coefficient (Wildman–Crippen LogP) is 2.01. The van der Waals surface area contributed by atoms with Gasteiger partial charge in [0.1, 0.15) is 0 Å². The quantitative estimate of drug-likeness (QED) is 0.870. The van der Waals surface area contributed by atoms with Crippen molar-refractivity contribution in [1.82, 2.24) is 10.6 Å². The molecular formula is C15H21ClN2O. The number of hydrogen-bond acceptors (Lipinski definition) is 2. The number of carbonyl (C=O) groups is 1. The lowest BCUT2D eigenvalue weighted by Gasteiger charge is -2.25. The number of halogens is 1. The van der Waals surface area contributed by atoms with Crippen molar-refractivity contribution in [2.75, 3.05) is 13.1 Å². The van der Waals surface area contributed by atoms with E-state index in [9.17, 15) is 4.79 Å². The van der Waals surface area contributed by atoms with Gasteiger partial charge in [0, 0.05) is 12.6 Å². The van der Waals surface area contributed by atoms with Crippen LogP contribution in [0.15, 0.2) is 24.3 Å². The number of hydrogen-bond donors (Lipinski definition) is 2. The third-order valence-electron chi connectivity index (χ3n) is 4.09. The molecule has 1 unspecified atom stereocenters. The Morgan fingerprint density at radius 3 is 2.89 bits per heavy atom. The van der Waals surface area contributed by atoms with Gasteiger partial charge < -0.3 is 10.6 Å². The first-order valence-corrected chi connectivity index (χ1v) is 6.93. The first-order valence-electron chi connectivity index (χ1n) is 6.93. The summed E-state index contributed by atoms with van der Waals surface area (Å²) in [5, 5.41) is 6.54. The van der Waals surface area contributed by atoms with Gasteiger partial charge in [0.15, 0.2) is 0 Å². The minimum atomic E-state index is 0. The van der Waals surface area contributed by atoms with E-state index in [0.29, 0.717) is 6.04 Å². The summed E-state index contributed by atoms with van der Waals surface area (Å²) in [5.74, 6) is 0.289. The van der Waals surface area contributed by atoms with Crippen LogP contribution in [0.1, 0.15) is 36.3 Å². The van der Waals surface area contributed by atoms with E-state index >= 15 is 0 Å². The van der Waals surface area contributed by atoms with Crippen molar-refractivity contribution < 1.29 is 4.79 Å². The predicted molar refractivity (Wildman–Crippen MR) is 78.8 cm³/mol. The van der Waals surface area contributed by atoms with E-state index in [1.54, 1.807) is 0 Å². The van der Waals surface area contributed by atoms with Crippen molar-refractivity contribution in [1.29, 1.82) is 0 Å². The molecule has 19 heavy (non-hydrogen) atoms. The van der Waals surface area contributed by atoms with E-state index in [1.807, 2.05) is 6.07 Å². The Balaban J connectivity index is 0.00000133. The topological polar surface area (TPSA) is 41.1 Å².